The molecule has 5 rings (SSSR count). The highest BCUT2D eigenvalue weighted by molar-refractivity contribution is 6.12. The lowest BCUT2D eigenvalue weighted by Gasteiger charge is -2.24. The molecule has 3 aromatic rings. The van der Waals surface area contributed by atoms with E-state index in [9.17, 15) is 4.79 Å². The molecule has 7 nitrogen and oxygen atoms in total. The Morgan fingerprint density at radius 2 is 2.10 bits per heavy atom. The highest BCUT2D eigenvalue weighted by atomic mass is 16.5. The molecule has 0 saturated carbocycles. The zero-order chi connectivity index (χ0) is 19.8. The van der Waals surface area contributed by atoms with E-state index < -0.39 is 0 Å². The number of hydrogen-bond acceptors (Lipinski definition) is 5. The number of benzene rings is 1. The molecule has 0 radical (unpaired) electrons. The van der Waals surface area contributed by atoms with Crippen LogP contribution in [0.5, 0.6) is 5.75 Å². The first-order valence-electron chi connectivity index (χ1n) is 9.83. The zero-order valence-corrected chi connectivity index (χ0v) is 16.2. The highest BCUT2D eigenvalue weighted by Crippen LogP contribution is 2.42. The van der Waals surface area contributed by atoms with Crippen molar-refractivity contribution in [1.29, 1.82) is 0 Å². The second-order valence-corrected chi connectivity index (χ2v) is 7.35. The van der Waals surface area contributed by atoms with Crippen molar-refractivity contribution >= 4 is 22.9 Å². The standard InChI is InChI=1S/C22H22N4O3/c1-28-19-6-5-15(14-7-10-29-11-8-14)21-16(19)12-20(24-21)25-22(27)17-13-23-26-9-3-2-4-18(17)26/h2-6,9,13-14H,7-8,10-12H2,1H3,(H,24,25,27). The summed E-state index contributed by atoms with van der Waals surface area (Å²) >= 11 is 0. The van der Waals surface area contributed by atoms with E-state index >= 15 is 0 Å². The van der Waals surface area contributed by atoms with Crippen molar-refractivity contribution in [2.75, 3.05) is 20.3 Å². The Kier molecular flexibility index (Phi) is 4.52. The van der Waals surface area contributed by atoms with E-state index in [2.05, 4.69) is 16.5 Å². The third-order valence-corrected chi connectivity index (χ3v) is 5.67. The van der Waals surface area contributed by atoms with Gasteiger partial charge in [-0.3, -0.25) is 4.79 Å². The number of fused-ring (bicyclic) bond motifs is 2. The average molecular weight is 390 g/mol. The summed E-state index contributed by atoms with van der Waals surface area (Å²) in [6, 6.07) is 9.76. The molecule has 1 aromatic carbocycles. The van der Waals surface area contributed by atoms with E-state index in [1.54, 1.807) is 17.8 Å². The molecule has 0 spiro atoms. The molecule has 1 amide bonds. The second kappa shape index (κ2) is 7.33. The van der Waals surface area contributed by atoms with Crippen molar-refractivity contribution in [2.45, 2.75) is 25.2 Å². The van der Waals surface area contributed by atoms with Crippen LogP contribution < -0.4 is 10.1 Å². The van der Waals surface area contributed by atoms with Crippen molar-refractivity contribution in [2.24, 2.45) is 4.99 Å². The highest BCUT2D eigenvalue weighted by Gasteiger charge is 2.28. The Bertz CT molecular complexity index is 1110. The average Bonchev–Trinajstić information content (AvgIpc) is 3.38. The predicted octanol–water partition coefficient (Wildman–Crippen LogP) is 3.25. The molecule has 1 N–H and O–H groups in total. The molecule has 29 heavy (non-hydrogen) atoms. The normalized spacial score (nSPS) is 16.5. The number of hydrogen-bond donors (Lipinski definition) is 1. The minimum absolute atomic E-state index is 0.204. The third kappa shape index (κ3) is 3.17. The lowest BCUT2D eigenvalue weighted by Crippen LogP contribution is -2.30. The van der Waals surface area contributed by atoms with E-state index in [-0.39, 0.29) is 5.91 Å². The first kappa shape index (κ1) is 17.9. The summed E-state index contributed by atoms with van der Waals surface area (Å²) in [5.41, 5.74) is 4.48. The number of carbonyl (C=O) groups is 1. The van der Waals surface area contributed by atoms with Crippen LogP contribution in [-0.4, -0.2) is 41.7 Å². The molecule has 0 aliphatic carbocycles. The van der Waals surface area contributed by atoms with Crippen LogP contribution in [0.25, 0.3) is 5.52 Å². The topological polar surface area (TPSA) is 77.2 Å². The van der Waals surface area contributed by atoms with Gasteiger partial charge in [0.25, 0.3) is 5.91 Å². The van der Waals surface area contributed by atoms with Gasteiger partial charge >= 0.3 is 0 Å². The van der Waals surface area contributed by atoms with Crippen LogP contribution in [-0.2, 0) is 11.2 Å². The van der Waals surface area contributed by atoms with Crippen molar-refractivity contribution in [3.05, 3.63) is 59.4 Å². The third-order valence-electron chi connectivity index (χ3n) is 5.67. The number of nitrogens with zero attached hydrogens (tertiary/aromatic N) is 3. The Hall–Kier alpha value is -3.19. The summed E-state index contributed by atoms with van der Waals surface area (Å²) in [4.78, 5) is 17.7. The lowest BCUT2D eigenvalue weighted by molar-refractivity contribution is 0.0854. The number of pyridine rings is 1. The maximum atomic E-state index is 12.9. The van der Waals surface area contributed by atoms with Crippen molar-refractivity contribution in [1.82, 2.24) is 14.9 Å². The van der Waals surface area contributed by atoms with Crippen molar-refractivity contribution in [3.63, 3.8) is 0 Å². The van der Waals surface area contributed by atoms with Crippen molar-refractivity contribution < 1.29 is 14.3 Å². The number of nitrogens with one attached hydrogen (secondary N) is 1. The van der Waals surface area contributed by atoms with E-state index in [1.165, 1.54) is 5.56 Å². The molecule has 2 aliphatic heterocycles. The van der Waals surface area contributed by atoms with Crippen LogP contribution in [0.1, 0.15) is 40.2 Å². The minimum atomic E-state index is -0.204. The lowest BCUT2D eigenvalue weighted by atomic mass is 9.89. The van der Waals surface area contributed by atoms with Gasteiger partial charge in [0.05, 0.1) is 30.1 Å². The molecule has 2 aromatic heterocycles. The summed E-state index contributed by atoms with van der Waals surface area (Å²) < 4.78 is 12.8. The van der Waals surface area contributed by atoms with Crippen LogP contribution in [0.4, 0.5) is 5.69 Å². The molecule has 1 saturated heterocycles. The molecular formula is C22H22N4O3. The fourth-order valence-electron chi connectivity index (χ4n) is 4.19. The fourth-order valence-corrected chi connectivity index (χ4v) is 4.19. The Morgan fingerprint density at radius 3 is 2.93 bits per heavy atom. The second-order valence-electron chi connectivity index (χ2n) is 7.35. The van der Waals surface area contributed by atoms with Crippen LogP contribution in [0.3, 0.4) is 0 Å². The smallest absolute Gasteiger partial charge is 0.260 e. The predicted molar refractivity (Wildman–Crippen MR) is 109 cm³/mol. The summed E-state index contributed by atoms with van der Waals surface area (Å²) in [6.07, 6.45) is 5.92. The molecule has 1 fully saturated rings. The first-order valence-corrected chi connectivity index (χ1v) is 9.83. The number of methoxy groups -OCH3 is 1. The molecule has 0 unspecified atom stereocenters. The number of carbonyl (C=O) groups excluding carboxylic acids is 1. The summed E-state index contributed by atoms with van der Waals surface area (Å²) in [7, 11) is 1.67. The van der Waals surface area contributed by atoms with E-state index in [4.69, 9.17) is 14.5 Å². The van der Waals surface area contributed by atoms with Gasteiger partial charge in [-0.1, -0.05) is 12.1 Å². The molecule has 2 aliphatic rings. The van der Waals surface area contributed by atoms with Gasteiger partial charge in [0, 0.05) is 31.4 Å². The zero-order valence-electron chi connectivity index (χ0n) is 16.2. The quantitative estimate of drug-likeness (QED) is 0.745. The van der Waals surface area contributed by atoms with Crippen molar-refractivity contribution in [3.8, 4) is 5.75 Å². The van der Waals surface area contributed by atoms with Gasteiger partial charge in [-0.05, 0) is 42.5 Å². The molecule has 4 heterocycles. The molecule has 148 valence electrons. The Balaban J connectivity index is 1.44. The Labute approximate surface area is 168 Å². The fraction of sp³-hybridized carbons (Fsp3) is 0.318. The number of amides is 1. The monoisotopic (exact) mass is 390 g/mol. The Morgan fingerprint density at radius 1 is 1.24 bits per heavy atom. The number of ether oxygens (including phenoxy) is 2. The van der Waals surface area contributed by atoms with Gasteiger partial charge < -0.3 is 14.8 Å². The van der Waals surface area contributed by atoms with Gasteiger partial charge in [0.2, 0.25) is 0 Å². The molecular weight excluding hydrogens is 368 g/mol. The van der Waals surface area contributed by atoms with Crippen LogP contribution >= 0.6 is 0 Å². The maximum Gasteiger partial charge on any atom is 0.260 e. The summed E-state index contributed by atoms with van der Waals surface area (Å²) in [5, 5.41) is 7.22. The first-order chi connectivity index (χ1) is 14.2. The van der Waals surface area contributed by atoms with Gasteiger partial charge in [-0.15, -0.1) is 0 Å². The van der Waals surface area contributed by atoms with Gasteiger partial charge in [-0.2, -0.15) is 5.10 Å². The SMILES string of the molecule is COc1ccc(C2CCOCC2)c2c1CC(NC(=O)c1cnn3ccccc13)=N2. The molecule has 0 atom stereocenters. The summed E-state index contributed by atoms with van der Waals surface area (Å²) in [6.45, 7) is 1.54. The number of aromatic nitrogens is 2. The van der Waals surface area contributed by atoms with Crippen LogP contribution in [0.15, 0.2) is 47.7 Å². The van der Waals surface area contributed by atoms with Crippen LogP contribution in [0.2, 0.25) is 0 Å². The van der Waals surface area contributed by atoms with Gasteiger partial charge in [0.15, 0.2) is 0 Å². The van der Waals surface area contributed by atoms with E-state index in [1.807, 2.05) is 30.5 Å². The largest absolute Gasteiger partial charge is 0.496 e. The van der Waals surface area contributed by atoms with E-state index in [0.29, 0.717) is 23.7 Å². The summed E-state index contributed by atoms with van der Waals surface area (Å²) in [5.74, 6) is 1.66. The van der Waals surface area contributed by atoms with Crippen LogP contribution in [0, 0.1) is 0 Å². The maximum absolute atomic E-state index is 12.9. The molecule has 7 heteroatoms. The van der Waals surface area contributed by atoms with Gasteiger partial charge in [0.1, 0.15) is 11.6 Å². The van der Waals surface area contributed by atoms with Gasteiger partial charge in [-0.25, -0.2) is 9.51 Å². The minimum Gasteiger partial charge on any atom is -0.496 e. The number of aliphatic imine (C=N–C) groups is 1. The molecule has 0 bridgehead atoms. The number of amidine groups is 1. The van der Waals surface area contributed by atoms with E-state index in [0.717, 1.165) is 48.6 Å². The number of rotatable bonds is 3.